The van der Waals surface area contributed by atoms with Crippen molar-refractivity contribution in [1.29, 1.82) is 0 Å². The Morgan fingerprint density at radius 2 is 1.73 bits per heavy atom. The van der Waals surface area contributed by atoms with E-state index in [4.69, 9.17) is 0 Å². The van der Waals surface area contributed by atoms with Gasteiger partial charge in [0.2, 0.25) is 0 Å². The summed E-state index contributed by atoms with van der Waals surface area (Å²) in [6.07, 6.45) is 1.26. The van der Waals surface area contributed by atoms with Crippen molar-refractivity contribution in [2.45, 2.75) is 23.6 Å². The molecule has 66 valence electrons. The molecule has 0 spiro atoms. The molecule has 1 aliphatic rings. The molecule has 1 nitrogen and oxygen atoms in total. The van der Waals surface area contributed by atoms with Gasteiger partial charge in [0.15, 0.2) is 0 Å². The van der Waals surface area contributed by atoms with Crippen molar-refractivity contribution in [2.24, 2.45) is 0 Å². The Labute approximate surface area is 67.7 Å². The van der Waals surface area contributed by atoms with Crippen molar-refractivity contribution in [3.63, 3.8) is 0 Å². The number of thioether (sulfide) groups is 1. The van der Waals surface area contributed by atoms with Crippen LogP contribution >= 0.6 is 11.8 Å². The van der Waals surface area contributed by atoms with Gasteiger partial charge in [-0.05, 0) is 37.7 Å². The lowest BCUT2D eigenvalue weighted by atomic mass is 10.2. The second-order valence-corrected chi connectivity index (χ2v) is 3.88. The molecule has 0 bridgehead atoms. The summed E-state index contributed by atoms with van der Waals surface area (Å²) >= 11 is 0.138. The predicted octanol–water partition coefficient (Wildman–Crippen LogP) is 1.99. The van der Waals surface area contributed by atoms with Crippen LogP contribution in [0.2, 0.25) is 0 Å². The zero-order valence-electron chi connectivity index (χ0n) is 5.95. The van der Waals surface area contributed by atoms with Crippen molar-refractivity contribution in [3.05, 3.63) is 0 Å². The van der Waals surface area contributed by atoms with Crippen molar-refractivity contribution in [1.82, 2.24) is 5.32 Å². The van der Waals surface area contributed by atoms with Gasteiger partial charge in [-0.15, -0.1) is 0 Å². The van der Waals surface area contributed by atoms with Gasteiger partial charge in [0.25, 0.3) is 0 Å². The van der Waals surface area contributed by atoms with Crippen LogP contribution < -0.4 is 5.32 Å². The third-order valence-corrected chi connectivity index (χ3v) is 2.66. The summed E-state index contributed by atoms with van der Waals surface area (Å²) in [6.45, 7) is 1.43. The van der Waals surface area contributed by atoms with Crippen LogP contribution in [0, 0.1) is 0 Å². The third-order valence-electron chi connectivity index (χ3n) is 1.59. The molecule has 0 radical (unpaired) electrons. The van der Waals surface area contributed by atoms with Crippen LogP contribution in [-0.4, -0.2) is 23.8 Å². The second kappa shape index (κ2) is 3.67. The lowest BCUT2D eigenvalue weighted by Gasteiger charge is -2.22. The van der Waals surface area contributed by atoms with Crippen LogP contribution in [-0.2, 0) is 0 Å². The molecule has 0 amide bonds. The molecule has 0 aromatic heterocycles. The molecule has 11 heavy (non-hydrogen) atoms. The average Bonchev–Trinajstić information content (AvgIpc) is 1.85. The highest BCUT2D eigenvalue weighted by Gasteiger charge is 2.33. The van der Waals surface area contributed by atoms with E-state index in [0.29, 0.717) is 25.9 Å². The van der Waals surface area contributed by atoms with Gasteiger partial charge in [-0.25, -0.2) is 0 Å². The standard InChI is InChI=1S/C6H10F3NS/c7-6(8,9)11-5-1-3-10-4-2-5/h5,10H,1-4H2. The summed E-state index contributed by atoms with van der Waals surface area (Å²) < 4.78 is 35.3. The average molecular weight is 185 g/mol. The number of halogens is 3. The highest BCUT2D eigenvalue weighted by atomic mass is 32.2. The Morgan fingerprint density at radius 3 is 2.18 bits per heavy atom. The fraction of sp³-hybridized carbons (Fsp3) is 1.00. The number of hydrogen-bond donors (Lipinski definition) is 1. The predicted molar refractivity (Wildman–Crippen MR) is 39.5 cm³/mol. The van der Waals surface area contributed by atoms with Crippen LogP contribution in [0.15, 0.2) is 0 Å². The molecule has 0 aromatic carbocycles. The second-order valence-electron chi connectivity index (χ2n) is 2.51. The fourth-order valence-corrected chi connectivity index (χ4v) is 1.95. The number of rotatable bonds is 1. The number of hydrogen-bond acceptors (Lipinski definition) is 2. The van der Waals surface area contributed by atoms with E-state index in [1.807, 2.05) is 0 Å². The number of alkyl halides is 3. The molecule has 1 aliphatic heterocycles. The Bertz CT molecular complexity index is 119. The smallest absolute Gasteiger partial charge is 0.317 e. The minimum absolute atomic E-state index is 0.138. The molecular weight excluding hydrogens is 175 g/mol. The van der Waals surface area contributed by atoms with Crippen molar-refractivity contribution in [3.8, 4) is 0 Å². The molecular formula is C6H10F3NS. The van der Waals surface area contributed by atoms with E-state index < -0.39 is 5.51 Å². The van der Waals surface area contributed by atoms with E-state index in [9.17, 15) is 13.2 Å². The van der Waals surface area contributed by atoms with Crippen LogP contribution in [0.25, 0.3) is 0 Å². The van der Waals surface area contributed by atoms with Crippen molar-refractivity contribution < 1.29 is 13.2 Å². The Hall–Kier alpha value is 0.1000. The molecule has 0 saturated carbocycles. The molecule has 0 atom stereocenters. The molecule has 1 saturated heterocycles. The van der Waals surface area contributed by atoms with E-state index in [2.05, 4.69) is 5.32 Å². The molecule has 5 heteroatoms. The van der Waals surface area contributed by atoms with Gasteiger partial charge in [-0.1, -0.05) is 0 Å². The normalized spacial score (nSPS) is 22.1. The lowest BCUT2D eigenvalue weighted by Crippen LogP contribution is -2.30. The number of nitrogens with one attached hydrogen (secondary N) is 1. The summed E-state index contributed by atoms with van der Waals surface area (Å²) in [4.78, 5) is 0. The topological polar surface area (TPSA) is 12.0 Å². The molecule has 1 N–H and O–H groups in total. The first-order valence-electron chi connectivity index (χ1n) is 3.53. The van der Waals surface area contributed by atoms with Crippen molar-refractivity contribution >= 4 is 11.8 Å². The number of piperidine rings is 1. The van der Waals surface area contributed by atoms with Gasteiger partial charge >= 0.3 is 5.51 Å². The van der Waals surface area contributed by atoms with Crippen LogP contribution in [0.5, 0.6) is 0 Å². The van der Waals surface area contributed by atoms with E-state index in [-0.39, 0.29) is 17.0 Å². The molecule has 0 aliphatic carbocycles. The van der Waals surface area contributed by atoms with Gasteiger partial charge in [-0.3, -0.25) is 0 Å². The van der Waals surface area contributed by atoms with Gasteiger partial charge in [-0.2, -0.15) is 13.2 Å². The van der Waals surface area contributed by atoms with E-state index in [1.165, 1.54) is 0 Å². The third kappa shape index (κ3) is 3.86. The first-order valence-corrected chi connectivity index (χ1v) is 4.41. The summed E-state index contributed by atoms with van der Waals surface area (Å²) in [5.41, 5.74) is -4.05. The molecule has 1 heterocycles. The molecule has 1 fully saturated rings. The van der Waals surface area contributed by atoms with Crippen LogP contribution in [0.1, 0.15) is 12.8 Å². The Morgan fingerprint density at radius 1 is 1.18 bits per heavy atom. The summed E-state index contributed by atoms with van der Waals surface area (Å²) in [5, 5.41) is 2.79. The SMILES string of the molecule is FC(F)(F)SC1CCNCC1. The fourth-order valence-electron chi connectivity index (χ4n) is 1.10. The molecule has 1 rings (SSSR count). The van der Waals surface area contributed by atoms with E-state index >= 15 is 0 Å². The largest absolute Gasteiger partial charge is 0.442 e. The summed E-state index contributed by atoms with van der Waals surface area (Å²) in [5.74, 6) is 0. The maximum atomic E-state index is 11.8. The first-order chi connectivity index (χ1) is 5.08. The van der Waals surface area contributed by atoms with Crippen molar-refractivity contribution in [2.75, 3.05) is 13.1 Å². The first kappa shape index (κ1) is 9.19. The van der Waals surface area contributed by atoms with E-state index in [0.717, 1.165) is 0 Å². The highest BCUT2D eigenvalue weighted by molar-refractivity contribution is 8.00. The quantitative estimate of drug-likeness (QED) is 0.670. The van der Waals surface area contributed by atoms with Crippen LogP contribution in [0.4, 0.5) is 13.2 Å². The van der Waals surface area contributed by atoms with E-state index in [1.54, 1.807) is 0 Å². The van der Waals surface area contributed by atoms with Gasteiger partial charge in [0, 0.05) is 5.25 Å². The minimum Gasteiger partial charge on any atom is -0.317 e. The summed E-state index contributed by atoms with van der Waals surface area (Å²) in [7, 11) is 0. The monoisotopic (exact) mass is 185 g/mol. The molecule has 0 unspecified atom stereocenters. The zero-order valence-corrected chi connectivity index (χ0v) is 6.76. The van der Waals surface area contributed by atoms with Gasteiger partial charge in [0.1, 0.15) is 0 Å². The van der Waals surface area contributed by atoms with Crippen LogP contribution in [0.3, 0.4) is 0 Å². The Balaban J connectivity index is 2.24. The Kier molecular flexibility index (Phi) is 3.06. The zero-order chi connectivity index (χ0) is 8.32. The molecule has 0 aromatic rings. The lowest BCUT2D eigenvalue weighted by molar-refractivity contribution is -0.0335. The van der Waals surface area contributed by atoms with Gasteiger partial charge < -0.3 is 5.32 Å². The summed E-state index contributed by atoms with van der Waals surface area (Å²) in [6, 6.07) is 0. The minimum atomic E-state index is -4.05. The highest BCUT2D eigenvalue weighted by Crippen LogP contribution is 2.36. The maximum absolute atomic E-state index is 11.8. The van der Waals surface area contributed by atoms with Gasteiger partial charge in [0.05, 0.1) is 0 Å². The maximum Gasteiger partial charge on any atom is 0.442 e.